The summed E-state index contributed by atoms with van der Waals surface area (Å²) in [6.45, 7) is 15.9. The minimum atomic E-state index is 0.863. The van der Waals surface area contributed by atoms with Crippen LogP contribution in [0.3, 0.4) is 0 Å². The van der Waals surface area contributed by atoms with Crippen LogP contribution in [0.1, 0.15) is 179 Å². The van der Waals surface area contributed by atoms with Crippen LogP contribution in [-0.2, 0) is 40.3 Å². The number of hydrogen-bond donors (Lipinski definition) is 0. The number of rotatable bonds is 25. The zero-order valence-corrected chi connectivity index (χ0v) is 35.9. The summed E-state index contributed by atoms with van der Waals surface area (Å²) >= 11 is 3.35. The number of unbranched alkanes of at least 4 members (excludes halogenated alkanes) is 13. The van der Waals surface area contributed by atoms with Crippen molar-refractivity contribution in [2.45, 2.75) is 183 Å². The van der Waals surface area contributed by atoms with E-state index in [0.29, 0.717) is 0 Å². The van der Waals surface area contributed by atoms with Crippen LogP contribution >= 0.6 is 10.2 Å². The SMILES string of the molecule is CCCCCCCCc1cc(N=C(CC)C(C)=Nc2cc(CC)c(CCCCCCCC)c(-c3ccccc3)c2)cc(C)c1CCCCCC.[Cl][Ni]. The van der Waals surface area contributed by atoms with Gasteiger partial charge in [0.15, 0.2) is 0 Å². The van der Waals surface area contributed by atoms with Crippen LogP contribution in [0, 0.1) is 6.92 Å². The molecule has 0 saturated carbocycles. The molecule has 0 aliphatic rings. The van der Waals surface area contributed by atoms with Gasteiger partial charge in [0.1, 0.15) is 0 Å². The van der Waals surface area contributed by atoms with Crippen molar-refractivity contribution in [3.8, 4) is 11.1 Å². The molecule has 0 amide bonds. The van der Waals surface area contributed by atoms with Gasteiger partial charge in [0, 0.05) is 0 Å². The molecule has 0 heterocycles. The molecule has 0 spiro atoms. The van der Waals surface area contributed by atoms with E-state index in [9.17, 15) is 0 Å². The van der Waals surface area contributed by atoms with Crippen LogP contribution in [0.15, 0.2) is 64.6 Å². The number of aryl methyl sites for hydroxylation is 3. The van der Waals surface area contributed by atoms with Gasteiger partial charge >= 0.3 is 24.8 Å². The Balaban J connectivity index is 0.00000460. The molecule has 0 aromatic heterocycles. The van der Waals surface area contributed by atoms with Crippen LogP contribution in [0.2, 0.25) is 0 Å². The quantitative estimate of drug-likeness (QED) is 0.0466. The van der Waals surface area contributed by atoms with E-state index in [1.807, 2.05) is 0 Å². The summed E-state index contributed by atoms with van der Waals surface area (Å²) in [6, 6.07) is 20.4. The van der Waals surface area contributed by atoms with Gasteiger partial charge in [-0.3, -0.25) is 9.98 Å². The van der Waals surface area contributed by atoms with Crippen molar-refractivity contribution in [1.82, 2.24) is 0 Å². The van der Waals surface area contributed by atoms with Gasteiger partial charge in [-0.2, -0.15) is 0 Å². The van der Waals surface area contributed by atoms with Crippen molar-refractivity contribution in [3.05, 3.63) is 82.4 Å². The molecule has 291 valence electrons. The molecule has 52 heavy (non-hydrogen) atoms. The Hall–Kier alpha value is -2.22. The second kappa shape index (κ2) is 28.3. The Labute approximate surface area is 332 Å². The van der Waals surface area contributed by atoms with Crippen molar-refractivity contribution < 1.29 is 14.6 Å². The number of hydrogen-bond acceptors (Lipinski definition) is 2. The second-order valence-corrected chi connectivity index (χ2v) is 14.7. The predicted octanol–water partition coefficient (Wildman–Crippen LogP) is 16.1. The van der Waals surface area contributed by atoms with Gasteiger partial charge in [-0.25, -0.2) is 0 Å². The van der Waals surface area contributed by atoms with Crippen LogP contribution in [-0.4, -0.2) is 11.4 Å². The van der Waals surface area contributed by atoms with Crippen LogP contribution in [0.5, 0.6) is 0 Å². The number of halogens is 1. The molecule has 0 radical (unpaired) electrons. The minimum absolute atomic E-state index is 0.863. The van der Waals surface area contributed by atoms with E-state index in [-0.39, 0.29) is 0 Å². The number of nitrogens with zero attached hydrogens (tertiary/aromatic N) is 2. The molecule has 0 bridgehead atoms. The summed E-state index contributed by atoms with van der Waals surface area (Å²) in [6.07, 6.45) is 26.6. The van der Waals surface area contributed by atoms with Crippen LogP contribution in [0.4, 0.5) is 11.4 Å². The Morgan fingerprint density at radius 3 is 1.63 bits per heavy atom. The van der Waals surface area contributed by atoms with Gasteiger partial charge < -0.3 is 0 Å². The zero-order chi connectivity index (χ0) is 38.0. The maximum atomic E-state index is 5.31. The van der Waals surface area contributed by atoms with Gasteiger partial charge in [0.05, 0.1) is 22.8 Å². The van der Waals surface area contributed by atoms with Crippen molar-refractivity contribution in [2.24, 2.45) is 9.98 Å². The average Bonchev–Trinajstić information content (AvgIpc) is 3.17. The molecule has 0 N–H and O–H groups in total. The van der Waals surface area contributed by atoms with E-state index in [4.69, 9.17) is 9.98 Å². The van der Waals surface area contributed by atoms with E-state index < -0.39 is 0 Å². The maximum absolute atomic E-state index is 5.31. The standard InChI is InChI=1S/C48H72N2.ClH.Ni/c1-8-13-16-19-21-24-31-42-36-43(34-38(6)45(42)32-27-18-15-10-3)50-48(12-5)39(7)49-44-35-40(11-4)46(33-28-22-20-17-14-9-2)47(37-44)41-29-25-23-26-30-41;;/h23,25-26,29-30,34-37H,8-22,24,27-28,31-33H2,1-7H3;1H;/q;;+1/p-1. The number of aliphatic imine (C=N–C) groups is 2. The molecule has 4 heteroatoms. The van der Waals surface area contributed by atoms with Crippen LogP contribution in [0.25, 0.3) is 11.1 Å². The summed E-state index contributed by atoms with van der Waals surface area (Å²) in [5.74, 6) is 0. The van der Waals surface area contributed by atoms with Gasteiger partial charge in [0.2, 0.25) is 0 Å². The fraction of sp³-hybridized carbons (Fsp3) is 0.583. The van der Waals surface area contributed by atoms with E-state index in [2.05, 4.69) is 128 Å². The molecule has 0 aliphatic carbocycles. The topological polar surface area (TPSA) is 24.7 Å². The molecule has 0 saturated heterocycles. The molecule has 0 fully saturated rings. The fourth-order valence-corrected chi connectivity index (χ4v) is 7.52. The van der Waals surface area contributed by atoms with Crippen molar-refractivity contribution in [1.29, 1.82) is 0 Å². The molecular formula is C48H72ClN2Ni. The summed E-state index contributed by atoms with van der Waals surface area (Å²) < 4.78 is 0. The molecule has 3 rings (SSSR count). The van der Waals surface area contributed by atoms with Crippen LogP contribution < -0.4 is 0 Å². The summed E-state index contributed by atoms with van der Waals surface area (Å²) in [5.41, 5.74) is 14.4. The van der Waals surface area contributed by atoms with E-state index >= 15 is 0 Å². The summed E-state index contributed by atoms with van der Waals surface area (Å²) in [7, 11) is 4.26. The van der Waals surface area contributed by atoms with Crippen molar-refractivity contribution >= 4 is 33.0 Å². The first-order valence-electron chi connectivity index (χ1n) is 21.0. The first-order valence-corrected chi connectivity index (χ1v) is 22.4. The third kappa shape index (κ3) is 16.4. The zero-order valence-electron chi connectivity index (χ0n) is 34.1. The molecular weight excluding hydrogens is 699 g/mol. The Morgan fingerprint density at radius 1 is 0.558 bits per heavy atom. The molecule has 3 aromatic rings. The first-order chi connectivity index (χ1) is 25.4. The van der Waals surface area contributed by atoms with E-state index in [0.717, 1.165) is 42.1 Å². The monoisotopic (exact) mass is 769 g/mol. The summed E-state index contributed by atoms with van der Waals surface area (Å²) in [5, 5.41) is 0. The van der Waals surface area contributed by atoms with Gasteiger partial charge in [-0.15, -0.1) is 0 Å². The van der Waals surface area contributed by atoms with E-state index in [1.54, 1.807) is 5.56 Å². The van der Waals surface area contributed by atoms with Crippen molar-refractivity contribution in [2.75, 3.05) is 0 Å². The van der Waals surface area contributed by atoms with Gasteiger partial charge in [0.25, 0.3) is 0 Å². The predicted molar refractivity (Wildman–Crippen MR) is 230 cm³/mol. The van der Waals surface area contributed by atoms with Gasteiger partial charge in [-0.05, 0) is 128 Å². The summed E-state index contributed by atoms with van der Waals surface area (Å²) in [4.78, 5) is 10.6. The Bertz CT molecular complexity index is 1460. The van der Waals surface area contributed by atoms with Crippen molar-refractivity contribution in [3.63, 3.8) is 0 Å². The molecule has 3 aromatic carbocycles. The normalized spacial score (nSPS) is 11.9. The second-order valence-electron chi connectivity index (χ2n) is 14.7. The average molecular weight is 771 g/mol. The third-order valence-corrected chi connectivity index (χ3v) is 10.5. The molecule has 0 atom stereocenters. The molecule has 0 unspecified atom stereocenters. The number of benzene rings is 3. The first kappa shape index (κ1) is 45.9. The fourth-order valence-electron chi connectivity index (χ4n) is 7.52. The Morgan fingerprint density at radius 2 is 1.06 bits per heavy atom. The van der Waals surface area contributed by atoms with E-state index in [1.165, 1.54) is 149 Å². The molecule has 2 nitrogen and oxygen atoms in total. The van der Waals surface area contributed by atoms with Gasteiger partial charge in [-0.1, -0.05) is 148 Å². The molecule has 0 aliphatic heterocycles. The Kier molecular flexibility index (Phi) is 25.0. The third-order valence-electron chi connectivity index (χ3n) is 10.5.